The van der Waals surface area contributed by atoms with Crippen molar-refractivity contribution in [3.63, 3.8) is 0 Å². The van der Waals surface area contributed by atoms with Gasteiger partial charge in [-0.1, -0.05) is 26.2 Å². The molecule has 2 rings (SSSR count). The molecule has 5 heteroatoms. The summed E-state index contributed by atoms with van der Waals surface area (Å²) in [7, 11) is 0. The maximum atomic E-state index is 9.60. The van der Waals surface area contributed by atoms with Gasteiger partial charge in [0.15, 0.2) is 5.96 Å². The number of aliphatic hydroxyl groups is 1. The molecule has 3 N–H and O–H groups in total. The summed E-state index contributed by atoms with van der Waals surface area (Å²) in [6.07, 6.45) is 10.7. The third kappa shape index (κ3) is 8.05. The number of halogens is 1. The highest BCUT2D eigenvalue weighted by Crippen LogP contribution is 2.30. The smallest absolute Gasteiger partial charge is 0.191 e. The molecule has 2 unspecified atom stereocenters. The van der Waals surface area contributed by atoms with Gasteiger partial charge in [-0.25, -0.2) is 0 Å². The minimum atomic E-state index is -0.0918. The van der Waals surface area contributed by atoms with Crippen molar-refractivity contribution in [3.8, 4) is 0 Å². The van der Waals surface area contributed by atoms with Crippen molar-refractivity contribution >= 4 is 29.9 Å². The Morgan fingerprint density at radius 3 is 2.52 bits per heavy atom. The molecule has 0 aromatic carbocycles. The standard InChI is InChI=1S/C18H35N3O.HI/c1-3-19-18(21-16-7-9-17(22)10-8-16)20-12-11-15-6-4-5-14(2)13-15;/h14-17,22H,3-13H2,1-2H3,(H2,19,20,21);1H. The number of aliphatic imine (C=N–C) groups is 1. The van der Waals surface area contributed by atoms with E-state index in [0.29, 0.717) is 6.04 Å². The topological polar surface area (TPSA) is 56.7 Å². The number of hydrogen-bond donors (Lipinski definition) is 3. The highest BCUT2D eigenvalue weighted by atomic mass is 127. The van der Waals surface area contributed by atoms with Gasteiger partial charge in [-0.2, -0.15) is 0 Å². The van der Waals surface area contributed by atoms with Crippen LogP contribution in [0.15, 0.2) is 4.99 Å². The van der Waals surface area contributed by atoms with Crippen LogP contribution in [0.1, 0.15) is 71.6 Å². The van der Waals surface area contributed by atoms with E-state index in [0.717, 1.165) is 56.6 Å². The lowest BCUT2D eigenvalue weighted by molar-refractivity contribution is 0.120. The van der Waals surface area contributed by atoms with Crippen LogP contribution >= 0.6 is 24.0 Å². The van der Waals surface area contributed by atoms with Crippen molar-refractivity contribution in [3.05, 3.63) is 0 Å². The Labute approximate surface area is 159 Å². The Hall–Kier alpha value is -0.0400. The summed E-state index contributed by atoms with van der Waals surface area (Å²) in [5.74, 6) is 2.75. The van der Waals surface area contributed by atoms with E-state index in [1.807, 2.05) is 0 Å². The first kappa shape index (κ1) is 21.0. The van der Waals surface area contributed by atoms with E-state index in [-0.39, 0.29) is 30.1 Å². The summed E-state index contributed by atoms with van der Waals surface area (Å²) in [4.78, 5) is 4.78. The quantitative estimate of drug-likeness (QED) is 0.350. The molecule has 136 valence electrons. The molecular formula is C18H36IN3O. The van der Waals surface area contributed by atoms with E-state index in [1.54, 1.807) is 0 Å². The van der Waals surface area contributed by atoms with Crippen molar-refractivity contribution in [1.82, 2.24) is 10.6 Å². The van der Waals surface area contributed by atoms with Gasteiger partial charge in [0.05, 0.1) is 6.10 Å². The third-order valence-corrected chi connectivity index (χ3v) is 5.23. The largest absolute Gasteiger partial charge is 0.393 e. The molecule has 2 fully saturated rings. The second-order valence-corrected chi connectivity index (χ2v) is 7.34. The van der Waals surface area contributed by atoms with E-state index in [9.17, 15) is 5.11 Å². The van der Waals surface area contributed by atoms with Crippen LogP contribution in [0.3, 0.4) is 0 Å². The number of nitrogens with zero attached hydrogens (tertiary/aromatic N) is 1. The van der Waals surface area contributed by atoms with E-state index in [1.165, 1.54) is 32.1 Å². The van der Waals surface area contributed by atoms with E-state index < -0.39 is 0 Å². The maximum absolute atomic E-state index is 9.60. The Bertz CT molecular complexity index is 343. The zero-order valence-corrected chi connectivity index (χ0v) is 17.2. The van der Waals surface area contributed by atoms with Gasteiger partial charge >= 0.3 is 0 Å². The van der Waals surface area contributed by atoms with Crippen LogP contribution in [-0.2, 0) is 0 Å². The first-order valence-corrected chi connectivity index (χ1v) is 9.40. The second-order valence-electron chi connectivity index (χ2n) is 7.34. The second kappa shape index (κ2) is 11.5. The molecule has 0 radical (unpaired) electrons. The Balaban J connectivity index is 0.00000264. The SMILES string of the molecule is CCNC(=NCCC1CCCC(C)C1)NC1CCC(O)CC1.I. The van der Waals surface area contributed by atoms with Gasteiger partial charge in [0.2, 0.25) is 0 Å². The molecule has 0 saturated heterocycles. The van der Waals surface area contributed by atoms with Crippen LogP contribution in [-0.4, -0.2) is 36.3 Å². The van der Waals surface area contributed by atoms with Gasteiger partial charge in [0, 0.05) is 19.1 Å². The average Bonchev–Trinajstić information content (AvgIpc) is 2.50. The first-order chi connectivity index (χ1) is 10.7. The Morgan fingerprint density at radius 1 is 1.13 bits per heavy atom. The first-order valence-electron chi connectivity index (χ1n) is 9.40. The van der Waals surface area contributed by atoms with Crippen LogP contribution in [0.5, 0.6) is 0 Å². The Morgan fingerprint density at radius 2 is 1.87 bits per heavy atom. The van der Waals surface area contributed by atoms with Crippen molar-refractivity contribution in [1.29, 1.82) is 0 Å². The zero-order chi connectivity index (χ0) is 15.8. The number of hydrogen-bond acceptors (Lipinski definition) is 2. The lowest BCUT2D eigenvalue weighted by Gasteiger charge is -2.28. The number of rotatable bonds is 5. The molecule has 0 aromatic heterocycles. The van der Waals surface area contributed by atoms with Gasteiger partial charge in [-0.15, -0.1) is 24.0 Å². The summed E-state index contributed by atoms with van der Waals surface area (Å²) in [5.41, 5.74) is 0. The highest BCUT2D eigenvalue weighted by Gasteiger charge is 2.20. The monoisotopic (exact) mass is 437 g/mol. The maximum Gasteiger partial charge on any atom is 0.191 e. The van der Waals surface area contributed by atoms with Gasteiger partial charge in [-0.05, 0) is 57.3 Å². The molecule has 0 aliphatic heterocycles. The highest BCUT2D eigenvalue weighted by molar-refractivity contribution is 14.0. The van der Waals surface area contributed by atoms with Crippen LogP contribution < -0.4 is 10.6 Å². The molecule has 0 bridgehead atoms. The normalized spacial score (nSPS) is 32.0. The summed E-state index contributed by atoms with van der Waals surface area (Å²) in [6.45, 7) is 6.34. The van der Waals surface area contributed by atoms with Crippen molar-refractivity contribution in [2.75, 3.05) is 13.1 Å². The lowest BCUT2D eigenvalue weighted by atomic mass is 9.81. The molecule has 0 aromatic rings. The van der Waals surface area contributed by atoms with Crippen LogP contribution in [0.4, 0.5) is 0 Å². The molecule has 0 amide bonds. The molecule has 2 aliphatic carbocycles. The molecule has 2 atom stereocenters. The molecule has 2 aliphatic rings. The fraction of sp³-hybridized carbons (Fsp3) is 0.944. The van der Waals surface area contributed by atoms with Gasteiger partial charge in [0.1, 0.15) is 0 Å². The van der Waals surface area contributed by atoms with Crippen molar-refractivity contribution in [2.45, 2.75) is 83.8 Å². The average molecular weight is 437 g/mol. The van der Waals surface area contributed by atoms with Gasteiger partial charge in [-0.3, -0.25) is 4.99 Å². The van der Waals surface area contributed by atoms with Crippen LogP contribution in [0.25, 0.3) is 0 Å². The third-order valence-electron chi connectivity index (χ3n) is 5.23. The summed E-state index contributed by atoms with van der Waals surface area (Å²) < 4.78 is 0. The summed E-state index contributed by atoms with van der Waals surface area (Å²) in [5, 5.41) is 16.5. The van der Waals surface area contributed by atoms with E-state index >= 15 is 0 Å². The predicted octanol–water partition coefficient (Wildman–Crippen LogP) is 3.68. The van der Waals surface area contributed by atoms with Crippen molar-refractivity contribution < 1.29 is 5.11 Å². The summed E-state index contributed by atoms with van der Waals surface area (Å²) in [6, 6.07) is 0.468. The Kier molecular flexibility index (Phi) is 10.5. The molecule has 4 nitrogen and oxygen atoms in total. The minimum absolute atomic E-state index is 0. The minimum Gasteiger partial charge on any atom is -0.393 e. The molecule has 0 heterocycles. The molecule has 0 spiro atoms. The van der Waals surface area contributed by atoms with Crippen LogP contribution in [0, 0.1) is 11.8 Å². The fourth-order valence-corrected chi connectivity index (χ4v) is 3.91. The van der Waals surface area contributed by atoms with Crippen LogP contribution in [0.2, 0.25) is 0 Å². The van der Waals surface area contributed by atoms with Crippen molar-refractivity contribution in [2.24, 2.45) is 16.8 Å². The lowest BCUT2D eigenvalue weighted by Crippen LogP contribution is -2.45. The van der Waals surface area contributed by atoms with E-state index in [2.05, 4.69) is 24.5 Å². The molecule has 23 heavy (non-hydrogen) atoms. The summed E-state index contributed by atoms with van der Waals surface area (Å²) >= 11 is 0. The fourth-order valence-electron chi connectivity index (χ4n) is 3.91. The van der Waals surface area contributed by atoms with Gasteiger partial charge in [0.25, 0.3) is 0 Å². The zero-order valence-electron chi connectivity index (χ0n) is 14.9. The molecular weight excluding hydrogens is 401 g/mol. The number of guanidine groups is 1. The number of aliphatic hydroxyl groups excluding tert-OH is 1. The van der Waals surface area contributed by atoms with E-state index in [4.69, 9.17) is 4.99 Å². The predicted molar refractivity (Wildman–Crippen MR) is 109 cm³/mol. The number of nitrogens with one attached hydrogen (secondary N) is 2. The molecule has 2 saturated carbocycles. The van der Waals surface area contributed by atoms with Gasteiger partial charge < -0.3 is 15.7 Å².